The average Bonchev–Trinajstić information content (AvgIpc) is 2.62. The Labute approximate surface area is 89.6 Å². The van der Waals surface area contributed by atoms with E-state index >= 15 is 0 Å². The van der Waals surface area contributed by atoms with Crippen molar-refractivity contribution in [3.8, 4) is 0 Å². The third-order valence-corrected chi connectivity index (χ3v) is 2.22. The van der Waals surface area contributed by atoms with Gasteiger partial charge < -0.3 is 10.1 Å². The highest BCUT2D eigenvalue weighted by Crippen LogP contribution is 1.90. The molecular formula is C8H10N2O4S. The molecule has 0 saturated heterocycles. The third kappa shape index (κ3) is 3.55. The van der Waals surface area contributed by atoms with Gasteiger partial charge in [-0.05, 0) is 18.5 Å². The smallest absolute Gasteiger partial charge is 0.335 e. The number of aromatic nitrogens is 1. The van der Waals surface area contributed by atoms with Crippen LogP contribution < -0.4 is 10.1 Å². The summed E-state index contributed by atoms with van der Waals surface area (Å²) in [7, 11) is 0. The van der Waals surface area contributed by atoms with Crippen molar-refractivity contribution in [2.45, 2.75) is 6.92 Å². The van der Waals surface area contributed by atoms with Crippen molar-refractivity contribution in [2.24, 2.45) is 0 Å². The van der Waals surface area contributed by atoms with Crippen molar-refractivity contribution < 1.29 is 14.3 Å². The molecule has 0 aromatic carbocycles. The van der Waals surface area contributed by atoms with E-state index in [9.17, 15) is 14.4 Å². The lowest BCUT2D eigenvalue weighted by molar-refractivity contribution is -0.141. The molecule has 1 heterocycles. The van der Waals surface area contributed by atoms with Gasteiger partial charge in [0.25, 0.3) is 0 Å². The lowest BCUT2D eigenvalue weighted by atomic mass is 10.6. The van der Waals surface area contributed by atoms with Gasteiger partial charge in [-0.3, -0.25) is 9.59 Å². The van der Waals surface area contributed by atoms with Gasteiger partial charge >= 0.3 is 12.0 Å². The highest BCUT2D eigenvalue weighted by Gasteiger charge is 2.07. The van der Waals surface area contributed by atoms with Gasteiger partial charge in [-0.15, -0.1) is 0 Å². The molecule has 7 heteroatoms. The van der Waals surface area contributed by atoms with E-state index in [1.165, 1.54) is 12.3 Å². The third-order valence-electron chi connectivity index (χ3n) is 1.42. The van der Waals surface area contributed by atoms with Crippen LogP contribution in [0.25, 0.3) is 0 Å². The number of nitrogens with one attached hydrogen (secondary N) is 1. The molecule has 1 N–H and O–H groups in total. The number of ether oxygens (including phenoxy) is 1. The number of amides is 1. The molecule has 0 atom stereocenters. The fourth-order valence-corrected chi connectivity index (χ4v) is 1.42. The van der Waals surface area contributed by atoms with Gasteiger partial charge in [-0.2, -0.15) is 0 Å². The summed E-state index contributed by atoms with van der Waals surface area (Å²) < 4.78 is 5.50. The van der Waals surface area contributed by atoms with E-state index in [-0.39, 0.29) is 17.9 Å². The molecule has 0 radical (unpaired) electrons. The zero-order chi connectivity index (χ0) is 11.3. The lowest BCUT2D eigenvalue weighted by Gasteiger charge is -2.03. The molecule has 0 aliphatic rings. The summed E-state index contributed by atoms with van der Waals surface area (Å²) in [6.45, 7) is 1.74. The van der Waals surface area contributed by atoms with Crippen molar-refractivity contribution in [3.05, 3.63) is 21.8 Å². The summed E-state index contributed by atoms with van der Waals surface area (Å²) in [5.74, 6) is -0.509. The number of carbonyl (C=O) groups is 2. The molecular weight excluding hydrogens is 220 g/mol. The van der Waals surface area contributed by atoms with Crippen molar-refractivity contribution in [2.75, 3.05) is 13.2 Å². The van der Waals surface area contributed by atoms with Gasteiger partial charge in [0.1, 0.15) is 6.54 Å². The lowest BCUT2D eigenvalue weighted by Crippen LogP contribution is -2.32. The molecule has 1 aromatic heterocycles. The number of hydrogen-bond acceptors (Lipinski definition) is 5. The number of hydrogen-bond donors (Lipinski definition) is 1. The zero-order valence-electron chi connectivity index (χ0n) is 8.06. The highest BCUT2D eigenvalue weighted by molar-refractivity contribution is 7.04. The molecule has 0 aliphatic carbocycles. The summed E-state index contributed by atoms with van der Waals surface area (Å²) in [6.07, 6.45) is 1.34. The van der Waals surface area contributed by atoms with Crippen molar-refractivity contribution in [1.29, 1.82) is 0 Å². The van der Waals surface area contributed by atoms with Crippen LogP contribution in [0.3, 0.4) is 0 Å². The van der Waals surface area contributed by atoms with Gasteiger partial charge in [0, 0.05) is 12.3 Å². The molecule has 0 bridgehead atoms. The SMILES string of the molecule is CCOC(=O)CNC(=O)n1ccc(=O)s1. The maximum atomic E-state index is 11.3. The standard InChI is InChI=1S/C8H10N2O4S/c1-2-14-6(11)5-9-8(13)10-4-3-7(12)15-10/h3-4H,2,5H2,1H3,(H,9,13). The van der Waals surface area contributed by atoms with Crippen molar-refractivity contribution in [1.82, 2.24) is 9.27 Å². The van der Waals surface area contributed by atoms with Gasteiger partial charge in [0.15, 0.2) is 0 Å². The Bertz CT molecular complexity index is 409. The molecule has 0 aliphatic heterocycles. The van der Waals surface area contributed by atoms with Gasteiger partial charge in [-0.25, -0.2) is 8.75 Å². The Morgan fingerprint density at radius 3 is 2.87 bits per heavy atom. The fourth-order valence-electron chi connectivity index (χ4n) is 0.833. The van der Waals surface area contributed by atoms with Crippen LogP contribution in [0.2, 0.25) is 0 Å². The van der Waals surface area contributed by atoms with E-state index in [1.54, 1.807) is 6.92 Å². The minimum absolute atomic E-state index is 0.203. The monoisotopic (exact) mass is 230 g/mol. The number of nitrogens with zero attached hydrogens (tertiary/aromatic N) is 1. The zero-order valence-corrected chi connectivity index (χ0v) is 8.87. The highest BCUT2D eigenvalue weighted by atomic mass is 32.1. The Morgan fingerprint density at radius 2 is 2.33 bits per heavy atom. The molecule has 1 aromatic rings. The summed E-state index contributed by atoms with van der Waals surface area (Å²) in [5.41, 5.74) is 0. The molecule has 0 fully saturated rings. The number of esters is 1. The molecule has 82 valence electrons. The largest absolute Gasteiger partial charge is 0.465 e. The van der Waals surface area contributed by atoms with Crippen LogP contribution in [-0.4, -0.2) is 29.1 Å². The first-order chi connectivity index (χ1) is 7.13. The molecule has 0 saturated carbocycles. The van der Waals surface area contributed by atoms with Crippen LogP contribution in [0.4, 0.5) is 4.79 Å². The second kappa shape index (κ2) is 5.30. The number of carbonyl (C=O) groups excluding carboxylic acids is 2. The van der Waals surface area contributed by atoms with E-state index in [0.717, 1.165) is 15.5 Å². The molecule has 1 rings (SSSR count). The van der Waals surface area contributed by atoms with Crippen LogP contribution in [0.15, 0.2) is 17.1 Å². The predicted octanol–water partition coefficient (Wildman–Crippen LogP) is 0.0306. The Hall–Kier alpha value is -1.63. The second-order valence-electron chi connectivity index (χ2n) is 2.52. The normalized spacial score (nSPS) is 9.67. The van der Waals surface area contributed by atoms with Crippen LogP contribution in [0.5, 0.6) is 0 Å². The second-order valence-corrected chi connectivity index (χ2v) is 3.49. The molecule has 6 nitrogen and oxygen atoms in total. The van der Waals surface area contributed by atoms with Crippen molar-refractivity contribution >= 4 is 23.5 Å². The van der Waals surface area contributed by atoms with Crippen LogP contribution in [-0.2, 0) is 9.53 Å². The summed E-state index contributed by atoms with van der Waals surface area (Å²) in [6, 6.07) is 0.754. The van der Waals surface area contributed by atoms with E-state index in [2.05, 4.69) is 10.1 Å². The first-order valence-corrected chi connectivity index (χ1v) is 5.03. The molecule has 0 spiro atoms. The van der Waals surface area contributed by atoms with E-state index in [4.69, 9.17) is 0 Å². The average molecular weight is 230 g/mol. The Balaban J connectivity index is 2.43. The number of rotatable bonds is 3. The van der Waals surface area contributed by atoms with Crippen LogP contribution in [0.1, 0.15) is 6.92 Å². The Morgan fingerprint density at radius 1 is 1.60 bits per heavy atom. The quantitative estimate of drug-likeness (QED) is 0.743. The first-order valence-electron chi connectivity index (χ1n) is 4.26. The molecule has 0 unspecified atom stereocenters. The summed E-state index contributed by atoms with van der Waals surface area (Å²) in [5, 5.41) is 2.32. The maximum absolute atomic E-state index is 11.3. The fraction of sp³-hybridized carbons (Fsp3) is 0.375. The predicted molar refractivity (Wildman–Crippen MR) is 54.0 cm³/mol. The minimum atomic E-state index is -0.518. The summed E-state index contributed by atoms with van der Waals surface area (Å²) >= 11 is 0.758. The first kappa shape index (κ1) is 11.4. The summed E-state index contributed by atoms with van der Waals surface area (Å²) in [4.78, 5) is 32.9. The molecule has 1 amide bonds. The van der Waals surface area contributed by atoms with Gasteiger partial charge in [0.05, 0.1) is 6.61 Å². The van der Waals surface area contributed by atoms with E-state index < -0.39 is 12.0 Å². The molecule has 15 heavy (non-hydrogen) atoms. The van der Waals surface area contributed by atoms with Crippen LogP contribution in [0, 0.1) is 0 Å². The van der Waals surface area contributed by atoms with E-state index in [0.29, 0.717) is 0 Å². The minimum Gasteiger partial charge on any atom is -0.465 e. The topological polar surface area (TPSA) is 77.4 Å². The van der Waals surface area contributed by atoms with Crippen LogP contribution >= 0.6 is 11.5 Å². The Kier molecular flexibility index (Phi) is 4.04. The van der Waals surface area contributed by atoms with Gasteiger partial charge in [0.2, 0.25) is 4.74 Å². The van der Waals surface area contributed by atoms with E-state index in [1.807, 2.05) is 0 Å². The maximum Gasteiger partial charge on any atom is 0.335 e. The van der Waals surface area contributed by atoms with Gasteiger partial charge in [-0.1, -0.05) is 0 Å². The van der Waals surface area contributed by atoms with Crippen molar-refractivity contribution in [3.63, 3.8) is 0 Å².